The van der Waals surface area contributed by atoms with Crippen LogP contribution in [0.5, 0.6) is 11.5 Å². The lowest BCUT2D eigenvalue weighted by Crippen LogP contribution is -2.42. The minimum Gasteiger partial charge on any atom is -0.490 e. The van der Waals surface area contributed by atoms with Crippen molar-refractivity contribution in [3.63, 3.8) is 0 Å². The summed E-state index contributed by atoms with van der Waals surface area (Å²) >= 11 is 0. The molecule has 3 rings (SSSR count). The van der Waals surface area contributed by atoms with E-state index in [1.54, 1.807) is 30.0 Å². The molecule has 0 aromatic heterocycles. The molecule has 0 fully saturated rings. The van der Waals surface area contributed by atoms with Gasteiger partial charge in [-0.25, -0.2) is 4.79 Å². The molecule has 0 spiro atoms. The summed E-state index contributed by atoms with van der Waals surface area (Å²) in [6.07, 6.45) is -0.0611. The Morgan fingerprint density at radius 3 is 2.41 bits per heavy atom. The Labute approximate surface area is 171 Å². The van der Waals surface area contributed by atoms with Gasteiger partial charge in [-0.15, -0.1) is 0 Å². The quantitative estimate of drug-likeness (QED) is 0.668. The standard InChI is InChI=1S/C23H27NO5/c1-4-27-20-11-10-18(14-21(20)28-5-2)23(26)29-16(3)22(25)24-13-12-17-8-6-7-9-19(17)15-24/h6-11,14,16H,4-5,12-13,15H2,1-3H3/t16-/m1/s1. The van der Waals surface area contributed by atoms with Gasteiger partial charge in [-0.2, -0.15) is 0 Å². The largest absolute Gasteiger partial charge is 0.490 e. The summed E-state index contributed by atoms with van der Waals surface area (Å²) in [5, 5.41) is 0. The fraction of sp³-hybridized carbons (Fsp3) is 0.391. The van der Waals surface area contributed by atoms with Crippen LogP contribution in [0.15, 0.2) is 42.5 Å². The molecule has 1 heterocycles. The monoisotopic (exact) mass is 397 g/mol. The van der Waals surface area contributed by atoms with Crippen LogP contribution in [0.4, 0.5) is 0 Å². The van der Waals surface area contributed by atoms with Gasteiger partial charge < -0.3 is 19.1 Å². The van der Waals surface area contributed by atoms with E-state index < -0.39 is 12.1 Å². The van der Waals surface area contributed by atoms with Crippen LogP contribution in [-0.4, -0.2) is 42.6 Å². The van der Waals surface area contributed by atoms with Gasteiger partial charge in [0.15, 0.2) is 17.6 Å². The molecule has 1 aliphatic rings. The Kier molecular flexibility index (Phi) is 6.75. The second-order valence-corrected chi connectivity index (χ2v) is 6.85. The van der Waals surface area contributed by atoms with E-state index in [4.69, 9.17) is 14.2 Å². The van der Waals surface area contributed by atoms with Crippen molar-refractivity contribution in [2.75, 3.05) is 19.8 Å². The molecule has 1 aliphatic heterocycles. The number of esters is 1. The minimum atomic E-state index is -0.866. The van der Waals surface area contributed by atoms with Gasteiger partial charge in [0, 0.05) is 13.1 Å². The maximum Gasteiger partial charge on any atom is 0.339 e. The molecule has 6 nitrogen and oxygen atoms in total. The Balaban J connectivity index is 1.65. The molecular weight excluding hydrogens is 370 g/mol. The SMILES string of the molecule is CCOc1ccc(C(=O)O[C@H](C)C(=O)N2CCc3ccccc3C2)cc1OCC. The predicted molar refractivity (Wildman–Crippen MR) is 109 cm³/mol. The Hall–Kier alpha value is -3.02. The summed E-state index contributed by atoms with van der Waals surface area (Å²) < 4.78 is 16.5. The number of fused-ring (bicyclic) bond motifs is 1. The molecule has 0 saturated carbocycles. The molecule has 0 unspecified atom stereocenters. The van der Waals surface area contributed by atoms with E-state index in [0.717, 1.165) is 12.0 Å². The highest BCUT2D eigenvalue weighted by Crippen LogP contribution is 2.29. The smallest absolute Gasteiger partial charge is 0.339 e. The van der Waals surface area contributed by atoms with Crippen molar-refractivity contribution in [3.05, 3.63) is 59.2 Å². The summed E-state index contributed by atoms with van der Waals surface area (Å²) in [7, 11) is 0. The van der Waals surface area contributed by atoms with Crippen LogP contribution in [0, 0.1) is 0 Å². The van der Waals surface area contributed by atoms with Gasteiger partial charge in [0.2, 0.25) is 0 Å². The second-order valence-electron chi connectivity index (χ2n) is 6.85. The molecule has 2 aromatic carbocycles. The van der Waals surface area contributed by atoms with Crippen LogP contribution in [0.1, 0.15) is 42.3 Å². The van der Waals surface area contributed by atoms with Crippen molar-refractivity contribution in [1.82, 2.24) is 4.90 Å². The molecular formula is C23H27NO5. The maximum absolute atomic E-state index is 12.8. The molecule has 0 saturated heterocycles. The summed E-state index contributed by atoms with van der Waals surface area (Å²) in [6.45, 7) is 7.45. The highest BCUT2D eigenvalue weighted by atomic mass is 16.5. The topological polar surface area (TPSA) is 65.1 Å². The first kappa shape index (κ1) is 20.7. The van der Waals surface area contributed by atoms with Crippen molar-refractivity contribution >= 4 is 11.9 Å². The third-order valence-corrected chi connectivity index (χ3v) is 4.85. The van der Waals surface area contributed by atoms with Gasteiger partial charge >= 0.3 is 5.97 Å². The first-order chi connectivity index (χ1) is 14.0. The molecule has 6 heteroatoms. The van der Waals surface area contributed by atoms with Gasteiger partial charge in [0.25, 0.3) is 5.91 Å². The zero-order valence-corrected chi connectivity index (χ0v) is 17.1. The van der Waals surface area contributed by atoms with Crippen molar-refractivity contribution < 1.29 is 23.8 Å². The Bertz CT molecular complexity index is 879. The highest BCUT2D eigenvalue weighted by Gasteiger charge is 2.27. The number of amides is 1. The molecule has 154 valence electrons. The van der Waals surface area contributed by atoms with Crippen LogP contribution in [0.25, 0.3) is 0 Å². The highest BCUT2D eigenvalue weighted by molar-refractivity contribution is 5.93. The average molecular weight is 397 g/mol. The number of rotatable bonds is 7. The molecule has 0 bridgehead atoms. The number of hydrogen-bond donors (Lipinski definition) is 0. The van der Waals surface area contributed by atoms with E-state index in [1.165, 1.54) is 5.56 Å². The molecule has 0 aliphatic carbocycles. The van der Waals surface area contributed by atoms with Crippen LogP contribution < -0.4 is 9.47 Å². The number of carbonyl (C=O) groups excluding carboxylic acids is 2. The van der Waals surface area contributed by atoms with Crippen molar-refractivity contribution in [2.45, 2.75) is 39.8 Å². The minimum absolute atomic E-state index is 0.191. The van der Waals surface area contributed by atoms with E-state index in [9.17, 15) is 9.59 Å². The van der Waals surface area contributed by atoms with Crippen LogP contribution >= 0.6 is 0 Å². The summed E-state index contributed by atoms with van der Waals surface area (Å²) in [4.78, 5) is 27.1. The fourth-order valence-corrected chi connectivity index (χ4v) is 3.40. The van der Waals surface area contributed by atoms with Gasteiger partial charge in [0.1, 0.15) is 0 Å². The van der Waals surface area contributed by atoms with Crippen molar-refractivity contribution in [3.8, 4) is 11.5 Å². The zero-order chi connectivity index (χ0) is 20.8. The van der Waals surface area contributed by atoms with E-state index in [2.05, 4.69) is 6.07 Å². The third-order valence-electron chi connectivity index (χ3n) is 4.85. The Morgan fingerprint density at radius 2 is 1.69 bits per heavy atom. The van der Waals surface area contributed by atoms with E-state index in [0.29, 0.717) is 43.4 Å². The van der Waals surface area contributed by atoms with Gasteiger partial charge in [-0.05, 0) is 56.5 Å². The molecule has 2 aromatic rings. The summed E-state index contributed by atoms with van der Waals surface area (Å²) in [6, 6.07) is 13.0. The molecule has 1 atom stereocenters. The van der Waals surface area contributed by atoms with Gasteiger partial charge in [-0.3, -0.25) is 4.79 Å². The van der Waals surface area contributed by atoms with E-state index in [-0.39, 0.29) is 5.91 Å². The Morgan fingerprint density at radius 1 is 1.00 bits per heavy atom. The number of benzene rings is 2. The number of hydrogen-bond acceptors (Lipinski definition) is 5. The third kappa shape index (κ3) is 4.88. The molecule has 0 radical (unpaired) electrons. The number of nitrogens with zero attached hydrogens (tertiary/aromatic N) is 1. The summed E-state index contributed by atoms with van der Waals surface area (Å²) in [5.41, 5.74) is 2.72. The fourth-order valence-electron chi connectivity index (χ4n) is 3.40. The second kappa shape index (κ2) is 9.45. The average Bonchev–Trinajstić information content (AvgIpc) is 2.74. The summed E-state index contributed by atoms with van der Waals surface area (Å²) in [5.74, 6) is 0.300. The molecule has 1 amide bonds. The van der Waals surface area contributed by atoms with Gasteiger partial charge in [0.05, 0.1) is 18.8 Å². The van der Waals surface area contributed by atoms with Crippen LogP contribution in [-0.2, 0) is 22.5 Å². The van der Waals surface area contributed by atoms with Crippen molar-refractivity contribution in [1.29, 1.82) is 0 Å². The van der Waals surface area contributed by atoms with Gasteiger partial charge in [-0.1, -0.05) is 24.3 Å². The lowest BCUT2D eigenvalue weighted by Gasteiger charge is -2.30. The van der Waals surface area contributed by atoms with E-state index in [1.807, 2.05) is 32.0 Å². The van der Waals surface area contributed by atoms with Crippen LogP contribution in [0.3, 0.4) is 0 Å². The maximum atomic E-state index is 12.8. The number of carbonyl (C=O) groups is 2. The van der Waals surface area contributed by atoms with Crippen molar-refractivity contribution in [2.24, 2.45) is 0 Å². The lowest BCUT2D eigenvalue weighted by molar-refractivity contribution is -0.140. The first-order valence-corrected chi connectivity index (χ1v) is 9.99. The molecule has 29 heavy (non-hydrogen) atoms. The van der Waals surface area contributed by atoms with Crippen LogP contribution in [0.2, 0.25) is 0 Å². The molecule has 0 N–H and O–H groups in total. The first-order valence-electron chi connectivity index (χ1n) is 9.99. The lowest BCUT2D eigenvalue weighted by atomic mass is 9.99. The predicted octanol–water partition coefficient (Wildman–Crippen LogP) is 3.61. The van der Waals surface area contributed by atoms with E-state index >= 15 is 0 Å². The number of ether oxygens (including phenoxy) is 3. The normalized spacial score (nSPS) is 14.0. The zero-order valence-electron chi connectivity index (χ0n) is 17.1.